The van der Waals surface area contributed by atoms with Crippen LogP contribution in [0.5, 0.6) is 0 Å². The molecule has 1 fully saturated rings. The van der Waals surface area contributed by atoms with E-state index in [9.17, 15) is 14.4 Å². The van der Waals surface area contributed by atoms with Gasteiger partial charge in [-0.2, -0.15) is 0 Å². The van der Waals surface area contributed by atoms with Gasteiger partial charge in [0.25, 0.3) is 0 Å². The number of carbonyl (C=O) groups is 3. The van der Waals surface area contributed by atoms with Crippen LogP contribution >= 0.6 is 23.2 Å². The highest BCUT2D eigenvalue weighted by molar-refractivity contribution is 6.36. The van der Waals surface area contributed by atoms with Crippen LogP contribution < -0.4 is 16.2 Å². The van der Waals surface area contributed by atoms with Crippen LogP contribution in [0.25, 0.3) is 0 Å². The normalized spacial score (nSPS) is 14.2. The van der Waals surface area contributed by atoms with E-state index in [1.165, 1.54) is 6.07 Å². The molecule has 3 N–H and O–H groups in total. The Labute approximate surface area is 156 Å². The number of hydrogen-bond acceptors (Lipinski definition) is 3. The summed E-state index contributed by atoms with van der Waals surface area (Å²) in [5.41, 5.74) is 5.16. The van der Waals surface area contributed by atoms with Gasteiger partial charge in [0.1, 0.15) is 0 Å². The number of rotatable bonds is 6. The first kappa shape index (κ1) is 19.5. The minimum Gasteiger partial charge on any atom is -0.325 e. The minimum absolute atomic E-state index is 0.0245. The maximum atomic E-state index is 11.9. The molecule has 8 heteroatoms. The van der Waals surface area contributed by atoms with Crippen LogP contribution in [0.2, 0.25) is 10.0 Å². The third-order valence-corrected chi connectivity index (χ3v) is 4.62. The second kappa shape index (κ2) is 9.63. The molecule has 0 unspecified atom stereocenters. The van der Waals surface area contributed by atoms with Crippen LogP contribution in [0.1, 0.15) is 44.9 Å². The van der Waals surface area contributed by atoms with Crippen molar-refractivity contribution >= 4 is 46.6 Å². The first-order valence-corrected chi connectivity index (χ1v) is 9.02. The highest BCUT2D eigenvalue weighted by Crippen LogP contribution is 2.27. The monoisotopic (exact) mass is 385 g/mol. The molecule has 0 atom stereocenters. The molecular formula is C17H21Cl2N3O3. The van der Waals surface area contributed by atoms with Gasteiger partial charge in [-0.05, 0) is 37.0 Å². The second-order valence-corrected chi connectivity index (χ2v) is 6.97. The number of anilines is 1. The Morgan fingerprint density at radius 1 is 0.960 bits per heavy atom. The average molecular weight is 386 g/mol. The van der Waals surface area contributed by atoms with Crippen molar-refractivity contribution in [1.82, 2.24) is 10.9 Å². The third-order valence-electron chi connectivity index (χ3n) is 4.07. The zero-order valence-corrected chi connectivity index (χ0v) is 15.3. The van der Waals surface area contributed by atoms with E-state index in [0.717, 1.165) is 25.7 Å². The van der Waals surface area contributed by atoms with E-state index in [0.29, 0.717) is 28.1 Å². The lowest BCUT2D eigenvalue weighted by molar-refractivity contribution is -0.130. The predicted molar refractivity (Wildman–Crippen MR) is 97.2 cm³/mol. The SMILES string of the molecule is O=C(CCC(=O)Nc1ccc(Cl)cc1Cl)NNC(=O)CC1CCCC1. The Morgan fingerprint density at radius 3 is 2.28 bits per heavy atom. The molecule has 3 amide bonds. The van der Waals surface area contributed by atoms with Crippen molar-refractivity contribution < 1.29 is 14.4 Å². The standard InChI is InChI=1S/C17H21Cl2N3O3/c18-12-5-6-14(13(19)10-12)20-15(23)7-8-16(24)21-22-17(25)9-11-3-1-2-4-11/h5-6,10-11H,1-4,7-9H2,(H,20,23)(H,21,24)(H,22,25). The zero-order chi connectivity index (χ0) is 18.2. The minimum atomic E-state index is -0.419. The van der Waals surface area contributed by atoms with Crippen molar-refractivity contribution in [3.63, 3.8) is 0 Å². The van der Waals surface area contributed by atoms with Gasteiger partial charge < -0.3 is 5.32 Å². The molecule has 1 aliphatic carbocycles. The number of hydrogen-bond donors (Lipinski definition) is 3. The fraction of sp³-hybridized carbons (Fsp3) is 0.471. The predicted octanol–water partition coefficient (Wildman–Crippen LogP) is 3.44. The molecule has 1 aromatic rings. The highest BCUT2D eigenvalue weighted by atomic mass is 35.5. The summed E-state index contributed by atoms with van der Waals surface area (Å²) in [4.78, 5) is 35.3. The maximum Gasteiger partial charge on any atom is 0.238 e. The van der Waals surface area contributed by atoms with E-state index >= 15 is 0 Å². The molecule has 0 heterocycles. The Kier molecular flexibility index (Phi) is 7.52. The molecule has 0 bridgehead atoms. The van der Waals surface area contributed by atoms with E-state index in [4.69, 9.17) is 23.2 Å². The average Bonchev–Trinajstić information content (AvgIpc) is 3.06. The summed E-state index contributed by atoms with van der Waals surface area (Å²) < 4.78 is 0. The van der Waals surface area contributed by atoms with Gasteiger partial charge in [-0.3, -0.25) is 25.2 Å². The van der Waals surface area contributed by atoms with Gasteiger partial charge in [0.15, 0.2) is 0 Å². The van der Waals surface area contributed by atoms with Crippen LogP contribution in [-0.4, -0.2) is 17.7 Å². The van der Waals surface area contributed by atoms with Crippen LogP contribution in [0, 0.1) is 5.92 Å². The highest BCUT2D eigenvalue weighted by Gasteiger charge is 2.18. The molecule has 6 nitrogen and oxygen atoms in total. The van der Waals surface area contributed by atoms with Crippen molar-refractivity contribution in [2.75, 3.05) is 5.32 Å². The zero-order valence-electron chi connectivity index (χ0n) is 13.7. The fourth-order valence-corrected chi connectivity index (χ4v) is 3.22. The first-order valence-electron chi connectivity index (χ1n) is 8.26. The molecule has 136 valence electrons. The largest absolute Gasteiger partial charge is 0.325 e. The molecule has 1 aromatic carbocycles. The van der Waals surface area contributed by atoms with Crippen LogP contribution in [-0.2, 0) is 14.4 Å². The van der Waals surface area contributed by atoms with Crippen molar-refractivity contribution in [1.29, 1.82) is 0 Å². The molecular weight excluding hydrogens is 365 g/mol. The summed E-state index contributed by atoms with van der Waals surface area (Å²) in [7, 11) is 0. The molecule has 2 rings (SSSR count). The lowest BCUT2D eigenvalue weighted by Gasteiger charge is -2.11. The summed E-state index contributed by atoms with van der Waals surface area (Å²) in [5.74, 6) is -0.557. The number of benzene rings is 1. The van der Waals surface area contributed by atoms with E-state index in [2.05, 4.69) is 16.2 Å². The first-order chi connectivity index (χ1) is 11.9. The quantitative estimate of drug-likeness (QED) is 0.655. The van der Waals surface area contributed by atoms with Gasteiger partial charge in [0.2, 0.25) is 17.7 Å². The van der Waals surface area contributed by atoms with Gasteiger partial charge in [-0.1, -0.05) is 36.0 Å². The fourth-order valence-electron chi connectivity index (χ4n) is 2.76. The number of halogens is 2. The maximum absolute atomic E-state index is 11.9. The lowest BCUT2D eigenvalue weighted by Crippen LogP contribution is -2.42. The summed E-state index contributed by atoms with van der Waals surface area (Å²) in [6.07, 6.45) is 4.82. The van der Waals surface area contributed by atoms with Gasteiger partial charge in [-0.15, -0.1) is 0 Å². The van der Waals surface area contributed by atoms with E-state index in [1.54, 1.807) is 12.1 Å². The molecule has 0 aliphatic heterocycles. The second-order valence-electron chi connectivity index (χ2n) is 6.12. The summed E-state index contributed by atoms with van der Waals surface area (Å²) in [5, 5.41) is 3.40. The van der Waals surface area contributed by atoms with Crippen LogP contribution in [0.15, 0.2) is 18.2 Å². The molecule has 0 spiro atoms. The summed E-state index contributed by atoms with van der Waals surface area (Å²) in [6.45, 7) is 0. The van der Waals surface area contributed by atoms with Crippen molar-refractivity contribution in [2.24, 2.45) is 5.92 Å². The summed E-state index contributed by atoms with van der Waals surface area (Å²) >= 11 is 11.8. The van der Waals surface area contributed by atoms with E-state index < -0.39 is 5.91 Å². The molecule has 1 aliphatic rings. The van der Waals surface area contributed by atoms with Crippen molar-refractivity contribution in [3.05, 3.63) is 28.2 Å². The van der Waals surface area contributed by atoms with Gasteiger partial charge in [0.05, 0.1) is 10.7 Å². The molecule has 1 saturated carbocycles. The number of carbonyl (C=O) groups excluding carboxylic acids is 3. The van der Waals surface area contributed by atoms with Crippen molar-refractivity contribution in [2.45, 2.75) is 44.9 Å². The van der Waals surface area contributed by atoms with Gasteiger partial charge in [-0.25, -0.2) is 0 Å². The molecule has 0 saturated heterocycles. The van der Waals surface area contributed by atoms with Crippen molar-refractivity contribution in [3.8, 4) is 0 Å². The Morgan fingerprint density at radius 2 is 1.60 bits per heavy atom. The number of hydrazine groups is 1. The molecule has 0 aromatic heterocycles. The topological polar surface area (TPSA) is 87.3 Å². The van der Waals surface area contributed by atoms with Crippen LogP contribution in [0.3, 0.4) is 0 Å². The van der Waals surface area contributed by atoms with E-state index in [-0.39, 0.29) is 24.7 Å². The smallest absolute Gasteiger partial charge is 0.238 e. The van der Waals surface area contributed by atoms with Crippen LogP contribution in [0.4, 0.5) is 5.69 Å². The van der Waals surface area contributed by atoms with E-state index in [1.807, 2.05) is 0 Å². The van der Waals surface area contributed by atoms with Gasteiger partial charge >= 0.3 is 0 Å². The Bertz CT molecular complexity index is 646. The van der Waals surface area contributed by atoms with Gasteiger partial charge in [0, 0.05) is 24.3 Å². The molecule has 25 heavy (non-hydrogen) atoms. The summed E-state index contributed by atoms with van der Waals surface area (Å²) in [6, 6.07) is 4.72. The molecule has 0 radical (unpaired) electrons. The Balaban J connectivity index is 1.65. The lowest BCUT2D eigenvalue weighted by atomic mass is 10.0. The number of nitrogens with one attached hydrogen (secondary N) is 3. The third kappa shape index (κ3) is 6.92. The number of amides is 3. The Hall–Kier alpha value is -1.79.